The fraction of sp³-hybridized carbons (Fsp3) is 0.111. The Labute approximate surface area is 151 Å². The summed E-state index contributed by atoms with van der Waals surface area (Å²) < 4.78 is 40.9. The molecule has 0 radical (unpaired) electrons. The smallest absolute Gasteiger partial charge is 0.392 e. The molecule has 0 bridgehead atoms. The summed E-state index contributed by atoms with van der Waals surface area (Å²) >= 11 is 5.95. The van der Waals surface area contributed by atoms with Crippen LogP contribution in [0.4, 0.5) is 18.9 Å². The molecule has 0 spiro atoms. The average Bonchev–Trinajstić information content (AvgIpc) is 2.59. The van der Waals surface area contributed by atoms with E-state index in [1.54, 1.807) is 42.5 Å². The Morgan fingerprint density at radius 3 is 2.38 bits per heavy atom. The summed E-state index contributed by atoms with van der Waals surface area (Å²) in [6.45, 7) is 0.0247. The van der Waals surface area contributed by atoms with Gasteiger partial charge in [-0.05, 0) is 17.7 Å². The number of hydrogen-bond donors (Lipinski definition) is 1. The molecule has 0 amide bonds. The zero-order valence-electron chi connectivity index (χ0n) is 13.3. The van der Waals surface area contributed by atoms with Crippen LogP contribution in [0, 0.1) is 0 Å². The second-order valence-electron chi connectivity index (χ2n) is 5.58. The van der Waals surface area contributed by atoms with Crippen molar-refractivity contribution in [2.45, 2.75) is 12.7 Å². The lowest BCUT2D eigenvalue weighted by atomic mass is 10.1. The van der Waals surface area contributed by atoms with E-state index in [4.69, 9.17) is 17.3 Å². The van der Waals surface area contributed by atoms with Crippen LogP contribution in [0.5, 0.6) is 0 Å². The average molecular weight is 380 g/mol. The molecule has 3 aromatic rings. The Hall–Kier alpha value is -2.80. The molecule has 8 heteroatoms. The van der Waals surface area contributed by atoms with Crippen molar-refractivity contribution in [3.63, 3.8) is 0 Å². The monoisotopic (exact) mass is 379 g/mol. The van der Waals surface area contributed by atoms with Gasteiger partial charge in [0.2, 0.25) is 0 Å². The quantitative estimate of drug-likeness (QED) is 0.741. The summed E-state index contributed by atoms with van der Waals surface area (Å²) in [5.74, 6) is -0.150. The van der Waals surface area contributed by atoms with E-state index in [1.807, 2.05) is 0 Å². The third-order valence-electron chi connectivity index (χ3n) is 3.74. The van der Waals surface area contributed by atoms with Crippen molar-refractivity contribution in [3.05, 3.63) is 81.2 Å². The van der Waals surface area contributed by atoms with Gasteiger partial charge in [0, 0.05) is 10.6 Å². The molecule has 0 atom stereocenters. The number of benzene rings is 2. The maximum absolute atomic E-state index is 13.2. The number of nitrogens with two attached hydrogens (primary N) is 1. The molecule has 0 aliphatic heterocycles. The molecule has 134 valence electrons. The molecule has 0 fully saturated rings. The van der Waals surface area contributed by atoms with Gasteiger partial charge in [-0.1, -0.05) is 54.1 Å². The highest BCUT2D eigenvalue weighted by Crippen LogP contribution is 2.32. The van der Waals surface area contributed by atoms with Gasteiger partial charge in [-0.25, -0.2) is 4.98 Å². The standard InChI is InChI=1S/C18H13ClF3N3O/c19-13-8-4-7-12(9-13)16-24-15(18(20,21)22)14(23)17(26)25(16)10-11-5-2-1-3-6-11/h1-9H,10,23H2. The van der Waals surface area contributed by atoms with Gasteiger partial charge in [0.1, 0.15) is 11.5 Å². The number of alkyl halides is 3. The highest BCUT2D eigenvalue weighted by Gasteiger charge is 2.37. The minimum Gasteiger partial charge on any atom is -0.392 e. The molecule has 2 N–H and O–H groups in total. The Morgan fingerprint density at radius 1 is 1.08 bits per heavy atom. The van der Waals surface area contributed by atoms with Gasteiger partial charge in [0.15, 0.2) is 5.69 Å². The first kappa shape index (κ1) is 18.0. The minimum absolute atomic E-state index is 0.0247. The van der Waals surface area contributed by atoms with E-state index in [0.717, 1.165) is 10.1 Å². The zero-order valence-corrected chi connectivity index (χ0v) is 14.1. The van der Waals surface area contributed by atoms with Crippen molar-refractivity contribution in [1.29, 1.82) is 0 Å². The maximum atomic E-state index is 13.2. The van der Waals surface area contributed by atoms with Crippen LogP contribution in [-0.4, -0.2) is 9.55 Å². The van der Waals surface area contributed by atoms with Crippen LogP contribution in [-0.2, 0) is 12.7 Å². The third kappa shape index (κ3) is 3.57. The fourth-order valence-electron chi connectivity index (χ4n) is 2.55. The summed E-state index contributed by atoms with van der Waals surface area (Å²) in [4.78, 5) is 16.3. The third-order valence-corrected chi connectivity index (χ3v) is 3.97. The largest absolute Gasteiger partial charge is 0.435 e. The van der Waals surface area contributed by atoms with E-state index >= 15 is 0 Å². The van der Waals surface area contributed by atoms with E-state index in [0.29, 0.717) is 5.02 Å². The SMILES string of the molecule is Nc1c(C(F)(F)F)nc(-c2cccc(Cl)c2)n(Cc2ccccc2)c1=O. The van der Waals surface area contributed by atoms with Crippen LogP contribution >= 0.6 is 11.6 Å². The van der Waals surface area contributed by atoms with E-state index in [2.05, 4.69) is 4.98 Å². The number of nitrogen functional groups attached to an aromatic ring is 1. The van der Waals surface area contributed by atoms with Crippen molar-refractivity contribution in [1.82, 2.24) is 9.55 Å². The number of aromatic nitrogens is 2. The molecule has 0 saturated heterocycles. The molecule has 0 aliphatic rings. The molecule has 0 aliphatic carbocycles. The Morgan fingerprint density at radius 2 is 1.77 bits per heavy atom. The number of anilines is 1. The van der Waals surface area contributed by atoms with E-state index < -0.39 is 23.1 Å². The lowest BCUT2D eigenvalue weighted by Crippen LogP contribution is -2.30. The highest BCUT2D eigenvalue weighted by molar-refractivity contribution is 6.30. The molecular weight excluding hydrogens is 367 g/mol. The van der Waals surface area contributed by atoms with Crippen molar-refractivity contribution < 1.29 is 13.2 Å². The fourth-order valence-corrected chi connectivity index (χ4v) is 2.74. The summed E-state index contributed by atoms with van der Waals surface area (Å²) in [5, 5.41) is 0.313. The summed E-state index contributed by atoms with van der Waals surface area (Å²) in [5.41, 5.74) is 3.18. The maximum Gasteiger partial charge on any atom is 0.435 e. The van der Waals surface area contributed by atoms with E-state index in [1.165, 1.54) is 12.1 Å². The lowest BCUT2D eigenvalue weighted by molar-refractivity contribution is -0.140. The van der Waals surface area contributed by atoms with Crippen LogP contribution in [0.15, 0.2) is 59.4 Å². The Bertz CT molecular complexity index is 1000. The van der Waals surface area contributed by atoms with Gasteiger partial charge in [0.25, 0.3) is 5.56 Å². The van der Waals surface area contributed by atoms with Gasteiger partial charge < -0.3 is 5.73 Å². The number of nitrogens with zero attached hydrogens (tertiary/aromatic N) is 2. The van der Waals surface area contributed by atoms with Crippen LogP contribution in [0.25, 0.3) is 11.4 Å². The van der Waals surface area contributed by atoms with Crippen molar-refractivity contribution in [2.24, 2.45) is 0 Å². The van der Waals surface area contributed by atoms with Gasteiger partial charge in [-0.2, -0.15) is 13.2 Å². The first-order chi connectivity index (χ1) is 12.3. The van der Waals surface area contributed by atoms with Crippen molar-refractivity contribution in [2.75, 3.05) is 5.73 Å². The Balaban J connectivity index is 2.28. The first-order valence-electron chi connectivity index (χ1n) is 7.54. The molecule has 0 saturated carbocycles. The molecule has 1 aromatic heterocycles. The van der Waals surface area contributed by atoms with Gasteiger partial charge in [0.05, 0.1) is 6.54 Å². The summed E-state index contributed by atoms with van der Waals surface area (Å²) in [6.07, 6.45) is -4.84. The number of rotatable bonds is 3. The topological polar surface area (TPSA) is 60.9 Å². The van der Waals surface area contributed by atoms with E-state index in [9.17, 15) is 18.0 Å². The van der Waals surface area contributed by atoms with Crippen LogP contribution in [0.1, 0.15) is 11.3 Å². The van der Waals surface area contributed by atoms with Crippen LogP contribution in [0.2, 0.25) is 5.02 Å². The molecule has 0 unspecified atom stereocenters. The number of hydrogen-bond acceptors (Lipinski definition) is 3. The summed E-state index contributed by atoms with van der Waals surface area (Å²) in [7, 11) is 0. The lowest BCUT2D eigenvalue weighted by Gasteiger charge is -2.17. The van der Waals surface area contributed by atoms with Gasteiger partial charge in [-0.15, -0.1) is 0 Å². The highest BCUT2D eigenvalue weighted by atomic mass is 35.5. The van der Waals surface area contributed by atoms with Crippen molar-refractivity contribution >= 4 is 17.3 Å². The summed E-state index contributed by atoms with van der Waals surface area (Å²) in [6, 6.07) is 15.0. The zero-order chi connectivity index (χ0) is 18.9. The molecule has 1 heterocycles. The second-order valence-corrected chi connectivity index (χ2v) is 6.02. The molecule has 26 heavy (non-hydrogen) atoms. The minimum atomic E-state index is -4.84. The van der Waals surface area contributed by atoms with Gasteiger partial charge in [-0.3, -0.25) is 9.36 Å². The molecule has 3 rings (SSSR count). The van der Waals surface area contributed by atoms with Gasteiger partial charge >= 0.3 is 6.18 Å². The van der Waals surface area contributed by atoms with Crippen LogP contribution < -0.4 is 11.3 Å². The second kappa shape index (κ2) is 6.84. The van der Waals surface area contributed by atoms with E-state index in [-0.39, 0.29) is 17.9 Å². The van der Waals surface area contributed by atoms with Crippen molar-refractivity contribution in [3.8, 4) is 11.4 Å². The predicted octanol–water partition coefficient (Wildman–Crippen LogP) is 4.21. The Kier molecular flexibility index (Phi) is 4.73. The molecule has 2 aromatic carbocycles. The normalized spacial score (nSPS) is 11.5. The van der Waals surface area contributed by atoms with Crippen LogP contribution in [0.3, 0.4) is 0 Å². The molecule has 4 nitrogen and oxygen atoms in total. The predicted molar refractivity (Wildman–Crippen MR) is 93.9 cm³/mol. The number of halogens is 4. The first-order valence-corrected chi connectivity index (χ1v) is 7.92. The molecular formula is C18H13ClF3N3O.